The fourth-order valence-corrected chi connectivity index (χ4v) is 3.00. The summed E-state index contributed by atoms with van der Waals surface area (Å²) in [6.07, 6.45) is 3.19. The number of benzene rings is 1. The Morgan fingerprint density at radius 3 is 3.05 bits per heavy atom. The van der Waals surface area contributed by atoms with Crippen LogP contribution in [0.4, 0.5) is 4.79 Å². The van der Waals surface area contributed by atoms with Gasteiger partial charge in [0.15, 0.2) is 0 Å². The topological polar surface area (TPSA) is 48.1 Å². The molecule has 20 heavy (non-hydrogen) atoms. The summed E-state index contributed by atoms with van der Waals surface area (Å²) in [5.74, 6) is 0. The second-order valence-corrected chi connectivity index (χ2v) is 6.03. The summed E-state index contributed by atoms with van der Waals surface area (Å²) < 4.78 is 0. The van der Waals surface area contributed by atoms with Gasteiger partial charge in [-0.05, 0) is 31.4 Å². The van der Waals surface area contributed by atoms with Crippen LogP contribution >= 0.6 is 0 Å². The van der Waals surface area contributed by atoms with Gasteiger partial charge in [0.05, 0.1) is 0 Å². The number of H-pyrrole nitrogens is 1. The predicted molar refractivity (Wildman–Crippen MR) is 78.7 cm³/mol. The lowest BCUT2D eigenvalue weighted by molar-refractivity contribution is 0.192. The molecule has 104 valence electrons. The molecule has 1 aliphatic heterocycles. The molecule has 4 heteroatoms. The molecule has 2 aromatic rings. The third kappa shape index (κ3) is 1.96. The first-order valence-electron chi connectivity index (χ1n) is 7.36. The smallest absolute Gasteiger partial charge is 0.317 e. The second-order valence-electron chi connectivity index (χ2n) is 6.03. The Morgan fingerprint density at radius 2 is 2.25 bits per heavy atom. The van der Waals surface area contributed by atoms with Crippen LogP contribution in [-0.4, -0.2) is 28.5 Å². The largest absolute Gasteiger partial charge is 0.358 e. The molecule has 2 N–H and O–H groups in total. The Labute approximate surface area is 118 Å². The number of carbonyl (C=O) groups excluding carboxylic acids is 1. The molecule has 2 aliphatic rings. The van der Waals surface area contributed by atoms with Gasteiger partial charge in [0.2, 0.25) is 0 Å². The first-order chi connectivity index (χ1) is 9.70. The van der Waals surface area contributed by atoms with Crippen LogP contribution in [0.15, 0.2) is 18.2 Å². The van der Waals surface area contributed by atoms with Crippen LogP contribution in [0, 0.1) is 6.92 Å². The molecule has 0 spiro atoms. The number of carbonyl (C=O) groups is 1. The Kier molecular flexibility index (Phi) is 2.52. The lowest BCUT2D eigenvalue weighted by Gasteiger charge is -2.27. The van der Waals surface area contributed by atoms with Crippen molar-refractivity contribution in [1.29, 1.82) is 0 Å². The average molecular weight is 269 g/mol. The molecule has 4 rings (SSSR count). The van der Waals surface area contributed by atoms with Crippen molar-refractivity contribution in [3.8, 4) is 0 Å². The number of hydrogen-bond acceptors (Lipinski definition) is 1. The van der Waals surface area contributed by atoms with Crippen molar-refractivity contribution < 1.29 is 4.79 Å². The second kappa shape index (κ2) is 4.27. The Bertz CT molecular complexity index is 684. The minimum absolute atomic E-state index is 0.0969. The van der Waals surface area contributed by atoms with Crippen molar-refractivity contribution >= 4 is 16.9 Å². The van der Waals surface area contributed by atoms with E-state index in [9.17, 15) is 4.79 Å². The third-order valence-corrected chi connectivity index (χ3v) is 4.32. The molecule has 0 saturated heterocycles. The number of amides is 2. The highest BCUT2D eigenvalue weighted by atomic mass is 16.2. The van der Waals surface area contributed by atoms with Gasteiger partial charge in [-0.25, -0.2) is 4.79 Å². The molecule has 0 unspecified atom stereocenters. The van der Waals surface area contributed by atoms with Gasteiger partial charge in [0, 0.05) is 47.7 Å². The maximum Gasteiger partial charge on any atom is 0.317 e. The van der Waals surface area contributed by atoms with Crippen molar-refractivity contribution in [3.63, 3.8) is 0 Å². The van der Waals surface area contributed by atoms with Gasteiger partial charge in [-0.15, -0.1) is 0 Å². The van der Waals surface area contributed by atoms with Gasteiger partial charge in [0.1, 0.15) is 0 Å². The lowest BCUT2D eigenvalue weighted by atomic mass is 10.0. The van der Waals surface area contributed by atoms with Crippen molar-refractivity contribution in [2.24, 2.45) is 0 Å². The summed E-state index contributed by atoms with van der Waals surface area (Å²) in [5.41, 5.74) is 5.04. The molecule has 1 aliphatic carbocycles. The molecule has 4 nitrogen and oxygen atoms in total. The van der Waals surface area contributed by atoms with E-state index in [0.717, 1.165) is 32.4 Å². The number of aromatic amines is 1. The van der Waals surface area contributed by atoms with E-state index in [2.05, 4.69) is 35.4 Å². The maximum atomic E-state index is 12.2. The summed E-state index contributed by atoms with van der Waals surface area (Å²) in [6, 6.07) is 7.01. The van der Waals surface area contributed by atoms with Crippen molar-refractivity contribution in [2.45, 2.75) is 38.8 Å². The maximum absolute atomic E-state index is 12.2. The fourth-order valence-electron chi connectivity index (χ4n) is 3.00. The molecular formula is C16H19N3O. The fraction of sp³-hybridized carbons (Fsp3) is 0.438. The SMILES string of the molecule is Cc1ccc2c3c([nH]c2c1)CCN(C(=O)NC1CC1)C3. The Morgan fingerprint density at radius 1 is 1.40 bits per heavy atom. The molecule has 1 fully saturated rings. The molecule has 2 heterocycles. The summed E-state index contributed by atoms with van der Waals surface area (Å²) in [7, 11) is 0. The van der Waals surface area contributed by atoms with E-state index >= 15 is 0 Å². The van der Waals surface area contributed by atoms with Gasteiger partial charge in [-0.3, -0.25) is 0 Å². The van der Waals surface area contributed by atoms with Crippen molar-refractivity contribution in [3.05, 3.63) is 35.0 Å². The average Bonchev–Trinajstić information content (AvgIpc) is 3.17. The quantitative estimate of drug-likeness (QED) is 0.821. The Hall–Kier alpha value is -1.97. The summed E-state index contributed by atoms with van der Waals surface area (Å²) >= 11 is 0. The number of nitrogens with one attached hydrogen (secondary N) is 2. The van der Waals surface area contributed by atoms with Crippen LogP contribution in [0.1, 0.15) is 29.7 Å². The zero-order chi connectivity index (χ0) is 13.7. The van der Waals surface area contributed by atoms with Crippen molar-refractivity contribution in [2.75, 3.05) is 6.54 Å². The van der Waals surface area contributed by atoms with Crippen LogP contribution in [-0.2, 0) is 13.0 Å². The van der Waals surface area contributed by atoms with Crippen LogP contribution in [0.3, 0.4) is 0 Å². The van der Waals surface area contributed by atoms with Gasteiger partial charge < -0.3 is 15.2 Å². The number of hydrogen-bond donors (Lipinski definition) is 2. The van der Waals surface area contributed by atoms with Gasteiger partial charge in [-0.1, -0.05) is 12.1 Å². The van der Waals surface area contributed by atoms with E-state index in [0.29, 0.717) is 6.04 Å². The van der Waals surface area contributed by atoms with E-state index in [4.69, 9.17) is 0 Å². The van der Waals surface area contributed by atoms with E-state index in [1.165, 1.54) is 27.7 Å². The van der Waals surface area contributed by atoms with E-state index < -0.39 is 0 Å². The number of urea groups is 1. The third-order valence-electron chi connectivity index (χ3n) is 4.32. The minimum Gasteiger partial charge on any atom is -0.358 e. The summed E-state index contributed by atoms with van der Waals surface area (Å²) in [5, 5.41) is 4.34. The number of aromatic nitrogens is 1. The molecular weight excluding hydrogens is 250 g/mol. The monoisotopic (exact) mass is 269 g/mol. The first kappa shape index (κ1) is 11.8. The number of fused-ring (bicyclic) bond motifs is 3. The highest BCUT2D eigenvalue weighted by Gasteiger charge is 2.28. The summed E-state index contributed by atoms with van der Waals surface area (Å²) in [4.78, 5) is 17.6. The van der Waals surface area contributed by atoms with Crippen LogP contribution in [0.5, 0.6) is 0 Å². The molecule has 0 radical (unpaired) electrons. The van der Waals surface area contributed by atoms with E-state index in [1.54, 1.807) is 0 Å². The van der Waals surface area contributed by atoms with E-state index in [1.807, 2.05) is 4.90 Å². The van der Waals surface area contributed by atoms with E-state index in [-0.39, 0.29) is 6.03 Å². The highest BCUT2D eigenvalue weighted by molar-refractivity contribution is 5.86. The minimum atomic E-state index is 0.0969. The summed E-state index contributed by atoms with van der Waals surface area (Å²) in [6.45, 7) is 3.63. The first-order valence-corrected chi connectivity index (χ1v) is 7.36. The Balaban J connectivity index is 1.64. The molecule has 1 aromatic heterocycles. The zero-order valence-electron chi connectivity index (χ0n) is 11.7. The van der Waals surface area contributed by atoms with Gasteiger partial charge in [0.25, 0.3) is 0 Å². The number of rotatable bonds is 1. The lowest BCUT2D eigenvalue weighted by Crippen LogP contribution is -2.43. The van der Waals surface area contributed by atoms with Crippen LogP contribution in [0.2, 0.25) is 0 Å². The molecule has 0 bridgehead atoms. The normalized spacial score (nSPS) is 18.1. The number of aryl methyl sites for hydroxylation is 1. The standard InChI is InChI=1S/C16H19N3O/c1-10-2-5-12-13-9-19(16(20)17-11-3-4-11)7-6-14(13)18-15(12)8-10/h2,5,8,11,18H,3-4,6-7,9H2,1H3,(H,17,20). The van der Waals surface area contributed by atoms with Crippen molar-refractivity contribution in [1.82, 2.24) is 15.2 Å². The highest BCUT2D eigenvalue weighted by Crippen LogP contribution is 2.28. The van der Waals surface area contributed by atoms with Crippen LogP contribution < -0.4 is 5.32 Å². The zero-order valence-corrected chi connectivity index (χ0v) is 11.7. The number of nitrogens with zero attached hydrogens (tertiary/aromatic N) is 1. The predicted octanol–water partition coefficient (Wildman–Crippen LogP) is 2.71. The van der Waals surface area contributed by atoms with Gasteiger partial charge >= 0.3 is 6.03 Å². The van der Waals surface area contributed by atoms with Gasteiger partial charge in [-0.2, -0.15) is 0 Å². The molecule has 1 aromatic carbocycles. The van der Waals surface area contributed by atoms with Crippen LogP contribution in [0.25, 0.3) is 10.9 Å². The molecule has 2 amide bonds. The molecule has 1 saturated carbocycles. The molecule has 0 atom stereocenters.